The van der Waals surface area contributed by atoms with Crippen molar-refractivity contribution in [2.24, 2.45) is 0 Å². The van der Waals surface area contributed by atoms with Crippen molar-refractivity contribution in [1.82, 2.24) is 10.2 Å². The quantitative estimate of drug-likeness (QED) is 0.755. The number of ether oxygens (including phenoxy) is 1. The van der Waals surface area contributed by atoms with Gasteiger partial charge in [0.1, 0.15) is 0 Å². The zero-order chi connectivity index (χ0) is 12.8. The third kappa shape index (κ3) is 3.87. The Bertz CT molecular complexity index is 360. The molecule has 0 amide bonds. The molecule has 96 valence electrons. The van der Waals surface area contributed by atoms with Crippen LogP contribution in [0.15, 0.2) is 16.7 Å². The minimum Gasteiger partial charge on any atom is -0.463 e. The van der Waals surface area contributed by atoms with Crippen molar-refractivity contribution < 1.29 is 13.9 Å². The van der Waals surface area contributed by atoms with Gasteiger partial charge in [0.2, 0.25) is 5.76 Å². The first-order valence-corrected chi connectivity index (χ1v) is 5.58. The summed E-state index contributed by atoms with van der Waals surface area (Å²) in [6, 6.07) is 2.21. The number of methoxy groups -OCH3 is 1. The second kappa shape index (κ2) is 6.42. The summed E-state index contributed by atoms with van der Waals surface area (Å²) in [5.41, 5.74) is 0.822. The van der Waals surface area contributed by atoms with Gasteiger partial charge in [0.15, 0.2) is 0 Å². The summed E-state index contributed by atoms with van der Waals surface area (Å²) in [7, 11) is 5.41. The number of carbonyl (C=O) groups is 1. The zero-order valence-corrected chi connectivity index (χ0v) is 10.8. The highest BCUT2D eigenvalue weighted by atomic mass is 16.5. The number of nitrogens with one attached hydrogen (secondary N) is 1. The molecular weight excluding hydrogens is 220 g/mol. The van der Waals surface area contributed by atoms with Gasteiger partial charge in [-0.1, -0.05) is 0 Å². The van der Waals surface area contributed by atoms with Crippen molar-refractivity contribution in [1.29, 1.82) is 0 Å². The number of nitrogens with zero attached hydrogens (tertiary/aromatic N) is 1. The number of hydrogen-bond acceptors (Lipinski definition) is 5. The molecule has 5 heteroatoms. The van der Waals surface area contributed by atoms with Gasteiger partial charge in [0.25, 0.3) is 0 Å². The van der Waals surface area contributed by atoms with Crippen molar-refractivity contribution in [3.63, 3.8) is 0 Å². The fraction of sp³-hybridized carbons (Fsp3) is 0.583. The van der Waals surface area contributed by atoms with E-state index in [0.717, 1.165) is 12.1 Å². The first kappa shape index (κ1) is 13.7. The number of likely N-dealkylation sites (N-methyl/N-ethyl adjacent to an activating group) is 1. The van der Waals surface area contributed by atoms with E-state index in [0.29, 0.717) is 12.6 Å². The van der Waals surface area contributed by atoms with Crippen LogP contribution in [-0.4, -0.2) is 44.7 Å². The highest BCUT2D eigenvalue weighted by Gasteiger charge is 2.15. The minimum atomic E-state index is -0.438. The normalized spacial score (nSPS) is 12.8. The molecule has 0 aliphatic heterocycles. The molecule has 1 rings (SSSR count). The van der Waals surface area contributed by atoms with Gasteiger partial charge in [0.05, 0.1) is 13.4 Å². The fourth-order valence-corrected chi connectivity index (χ4v) is 1.34. The molecule has 1 N–H and O–H groups in total. The van der Waals surface area contributed by atoms with Crippen LogP contribution in [0, 0.1) is 0 Å². The van der Waals surface area contributed by atoms with Gasteiger partial charge in [-0.3, -0.25) is 0 Å². The van der Waals surface area contributed by atoms with Crippen LogP contribution in [0.2, 0.25) is 0 Å². The minimum absolute atomic E-state index is 0.275. The fourth-order valence-electron chi connectivity index (χ4n) is 1.34. The highest BCUT2D eigenvalue weighted by molar-refractivity contribution is 5.87. The van der Waals surface area contributed by atoms with Gasteiger partial charge in [-0.25, -0.2) is 4.79 Å². The third-order valence-corrected chi connectivity index (χ3v) is 2.75. The van der Waals surface area contributed by atoms with Crippen LogP contribution in [0.4, 0.5) is 0 Å². The molecule has 1 atom stereocenters. The van der Waals surface area contributed by atoms with Crippen molar-refractivity contribution in [3.05, 3.63) is 23.7 Å². The molecule has 0 spiro atoms. The van der Waals surface area contributed by atoms with Crippen LogP contribution >= 0.6 is 0 Å². The molecule has 1 aromatic rings. The molecule has 1 aromatic heterocycles. The van der Waals surface area contributed by atoms with Crippen LogP contribution in [-0.2, 0) is 11.3 Å². The smallest absolute Gasteiger partial charge is 0.374 e. The van der Waals surface area contributed by atoms with E-state index in [1.54, 1.807) is 6.07 Å². The van der Waals surface area contributed by atoms with E-state index < -0.39 is 5.97 Å². The number of furan rings is 1. The molecule has 0 saturated carbocycles. The Morgan fingerprint density at radius 3 is 2.88 bits per heavy atom. The molecule has 0 aliphatic rings. The van der Waals surface area contributed by atoms with E-state index in [2.05, 4.69) is 21.9 Å². The van der Waals surface area contributed by atoms with Gasteiger partial charge in [-0.2, -0.15) is 0 Å². The van der Waals surface area contributed by atoms with E-state index in [4.69, 9.17) is 4.42 Å². The summed E-state index contributed by atoms with van der Waals surface area (Å²) in [5.74, 6) is -0.162. The Balaban J connectivity index is 2.47. The van der Waals surface area contributed by atoms with Gasteiger partial charge < -0.3 is 19.4 Å². The van der Waals surface area contributed by atoms with Crippen LogP contribution in [0.3, 0.4) is 0 Å². The second-order valence-electron chi connectivity index (χ2n) is 4.21. The Morgan fingerprint density at radius 2 is 2.29 bits per heavy atom. The first-order valence-electron chi connectivity index (χ1n) is 5.58. The Kier molecular flexibility index (Phi) is 5.18. The molecule has 0 saturated heterocycles. The Morgan fingerprint density at radius 1 is 1.59 bits per heavy atom. The molecule has 0 radical (unpaired) electrons. The first-order chi connectivity index (χ1) is 8.06. The summed E-state index contributed by atoms with van der Waals surface area (Å²) >= 11 is 0. The van der Waals surface area contributed by atoms with Crippen molar-refractivity contribution in [3.8, 4) is 0 Å². The van der Waals surface area contributed by atoms with Crippen LogP contribution in [0.25, 0.3) is 0 Å². The molecule has 0 fully saturated rings. The monoisotopic (exact) mass is 240 g/mol. The number of hydrogen-bond donors (Lipinski definition) is 1. The van der Waals surface area contributed by atoms with Gasteiger partial charge in [-0.15, -0.1) is 0 Å². The number of carbonyl (C=O) groups excluding carboxylic acids is 1. The maximum absolute atomic E-state index is 11.3. The third-order valence-electron chi connectivity index (χ3n) is 2.75. The zero-order valence-electron chi connectivity index (χ0n) is 10.8. The largest absolute Gasteiger partial charge is 0.463 e. The average molecular weight is 240 g/mol. The van der Waals surface area contributed by atoms with Crippen molar-refractivity contribution in [2.45, 2.75) is 19.5 Å². The SMILES string of the molecule is COC(=O)c1occc1CNCC(C)N(C)C. The summed E-state index contributed by atoms with van der Waals surface area (Å²) in [6.07, 6.45) is 1.50. The number of esters is 1. The van der Waals surface area contributed by atoms with Gasteiger partial charge in [-0.05, 0) is 27.1 Å². The molecule has 1 unspecified atom stereocenters. The lowest BCUT2D eigenvalue weighted by atomic mass is 10.2. The van der Waals surface area contributed by atoms with Crippen LogP contribution in [0.5, 0.6) is 0 Å². The second-order valence-corrected chi connectivity index (χ2v) is 4.21. The molecular formula is C12H20N2O3. The van der Waals surface area contributed by atoms with E-state index in [1.807, 2.05) is 14.1 Å². The topological polar surface area (TPSA) is 54.7 Å². The molecule has 0 aromatic carbocycles. The predicted octanol–water partition coefficient (Wildman–Crippen LogP) is 1.11. The lowest BCUT2D eigenvalue weighted by Gasteiger charge is -2.19. The molecule has 0 bridgehead atoms. The molecule has 5 nitrogen and oxygen atoms in total. The van der Waals surface area contributed by atoms with E-state index in [9.17, 15) is 4.79 Å². The summed E-state index contributed by atoms with van der Waals surface area (Å²) in [6.45, 7) is 3.57. The number of rotatable bonds is 6. The maximum atomic E-state index is 11.3. The molecule has 1 heterocycles. The Hall–Kier alpha value is -1.33. The summed E-state index contributed by atoms with van der Waals surface area (Å²) in [5, 5.41) is 3.28. The summed E-state index contributed by atoms with van der Waals surface area (Å²) in [4.78, 5) is 13.5. The van der Waals surface area contributed by atoms with Gasteiger partial charge >= 0.3 is 5.97 Å². The lowest BCUT2D eigenvalue weighted by Crippen LogP contribution is -2.35. The van der Waals surface area contributed by atoms with E-state index >= 15 is 0 Å². The van der Waals surface area contributed by atoms with Crippen LogP contribution < -0.4 is 5.32 Å². The van der Waals surface area contributed by atoms with Gasteiger partial charge in [0, 0.05) is 24.7 Å². The molecule has 17 heavy (non-hydrogen) atoms. The summed E-state index contributed by atoms with van der Waals surface area (Å²) < 4.78 is 9.73. The van der Waals surface area contributed by atoms with Crippen molar-refractivity contribution in [2.75, 3.05) is 27.7 Å². The lowest BCUT2D eigenvalue weighted by molar-refractivity contribution is 0.0563. The average Bonchev–Trinajstić information content (AvgIpc) is 2.76. The van der Waals surface area contributed by atoms with Crippen LogP contribution in [0.1, 0.15) is 23.0 Å². The van der Waals surface area contributed by atoms with E-state index in [-0.39, 0.29) is 5.76 Å². The standard InChI is InChI=1S/C12H20N2O3/c1-9(14(2)3)7-13-8-10-5-6-17-11(10)12(15)16-4/h5-6,9,13H,7-8H2,1-4H3. The van der Waals surface area contributed by atoms with Crippen molar-refractivity contribution >= 4 is 5.97 Å². The molecule has 0 aliphatic carbocycles. The van der Waals surface area contributed by atoms with E-state index in [1.165, 1.54) is 13.4 Å². The maximum Gasteiger partial charge on any atom is 0.374 e. The Labute approximate surface area is 102 Å². The highest BCUT2D eigenvalue weighted by Crippen LogP contribution is 2.11. The predicted molar refractivity (Wildman–Crippen MR) is 64.9 cm³/mol.